The minimum atomic E-state index is -1.21. The highest BCUT2D eigenvalue weighted by Gasteiger charge is 2.83. The maximum absolute atomic E-state index is 10.9. The first-order valence-corrected chi connectivity index (χ1v) is 24.9. The van der Waals surface area contributed by atoms with E-state index in [1.807, 2.05) is 20.8 Å². The summed E-state index contributed by atoms with van der Waals surface area (Å²) in [5.74, 6) is -0.0208. The molecule has 7 saturated heterocycles. The van der Waals surface area contributed by atoms with Crippen LogP contribution in [0.5, 0.6) is 0 Å². The van der Waals surface area contributed by atoms with Crippen LogP contribution in [0.2, 0.25) is 0 Å². The van der Waals surface area contributed by atoms with Gasteiger partial charge in [0.05, 0.1) is 67.5 Å². The second-order valence-electron chi connectivity index (χ2n) is 21.8. The van der Waals surface area contributed by atoms with Crippen LogP contribution in [0.25, 0.3) is 0 Å². The van der Waals surface area contributed by atoms with E-state index in [9.17, 15) is 10.2 Å². The average Bonchev–Trinajstić information content (AvgIpc) is 3.77. The fraction of sp³-hybridized carbons (Fsp3) is 0.959. The molecule has 10 aliphatic rings. The van der Waals surface area contributed by atoms with E-state index >= 15 is 0 Å². The maximum Gasteiger partial charge on any atom is 0.187 e. The van der Waals surface area contributed by atoms with Crippen LogP contribution in [-0.2, 0) is 71.1 Å². The highest BCUT2D eigenvalue weighted by Crippen LogP contribution is 2.76. The number of allylic oxidation sites excluding steroid dienone is 1. The number of fused-ring (bicyclic) bond motifs is 3. The van der Waals surface area contributed by atoms with Crippen LogP contribution in [0.3, 0.4) is 0 Å². The van der Waals surface area contributed by atoms with E-state index in [0.717, 1.165) is 32.1 Å². The van der Waals surface area contributed by atoms with E-state index in [1.54, 1.807) is 28.3 Å². The van der Waals surface area contributed by atoms with Gasteiger partial charge in [0.1, 0.15) is 36.6 Å². The Morgan fingerprint density at radius 3 is 1.76 bits per heavy atom. The number of hydrogen-bond acceptors (Lipinski definition) is 17. The number of rotatable bonds is 12. The van der Waals surface area contributed by atoms with Crippen LogP contribution in [-0.4, -0.2) is 174 Å². The van der Waals surface area contributed by atoms with Crippen molar-refractivity contribution in [2.75, 3.05) is 35.0 Å². The minimum Gasteiger partial charge on any atom is -0.388 e. The molecule has 17 nitrogen and oxygen atoms in total. The van der Waals surface area contributed by atoms with Gasteiger partial charge < -0.3 is 81.3 Å². The van der Waals surface area contributed by atoms with Crippen molar-refractivity contribution in [1.82, 2.24) is 0 Å². The molecule has 17 heteroatoms. The summed E-state index contributed by atoms with van der Waals surface area (Å²) in [6.07, 6.45) is -0.0918. The number of methoxy groups -OCH3 is 4. The number of aliphatic hydroxyl groups excluding tert-OH is 2. The van der Waals surface area contributed by atoms with Crippen molar-refractivity contribution in [2.24, 2.45) is 28.6 Å². The van der Waals surface area contributed by atoms with Crippen LogP contribution >= 0.6 is 0 Å². The molecular weight excluding hydrogens is 861 g/mol. The smallest absolute Gasteiger partial charge is 0.187 e. The molecule has 3 unspecified atom stereocenters. The van der Waals surface area contributed by atoms with Gasteiger partial charge in [-0.1, -0.05) is 25.5 Å². The Hall–Kier alpha value is -0.940. The molecule has 0 aromatic carbocycles. The lowest BCUT2D eigenvalue weighted by Gasteiger charge is -2.59. The summed E-state index contributed by atoms with van der Waals surface area (Å²) in [6.45, 7) is 15.2. The molecule has 376 valence electrons. The van der Waals surface area contributed by atoms with Gasteiger partial charge in [0.2, 0.25) is 0 Å². The minimum absolute atomic E-state index is 0.0225. The molecule has 3 aliphatic carbocycles. The first-order valence-electron chi connectivity index (χ1n) is 24.9. The summed E-state index contributed by atoms with van der Waals surface area (Å²) in [5, 5.41) is 21.3. The molecule has 0 amide bonds. The third-order valence-corrected chi connectivity index (χ3v) is 18.3. The lowest BCUT2D eigenvalue weighted by atomic mass is 9.48. The zero-order chi connectivity index (χ0) is 46.7. The molecule has 7 aliphatic heterocycles. The molecule has 0 aromatic heterocycles. The highest BCUT2D eigenvalue weighted by atomic mass is 16.8. The van der Waals surface area contributed by atoms with Gasteiger partial charge in [0, 0.05) is 59.0 Å². The predicted molar refractivity (Wildman–Crippen MR) is 231 cm³/mol. The number of hydrogen-bond donors (Lipinski definition) is 2. The lowest BCUT2D eigenvalue weighted by Crippen LogP contribution is -2.61. The zero-order valence-corrected chi connectivity index (χ0v) is 40.9. The van der Waals surface area contributed by atoms with Crippen LogP contribution in [0.1, 0.15) is 106 Å². The molecule has 0 spiro atoms. The Balaban J connectivity index is 0.720. The van der Waals surface area contributed by atoms with E-state index in [-0.39, 0.29) is 41.3 Å². The van der Waals surface area contributed by atoms with Crippen molar-refractivity contribution >= 4 is 0 Å². The zero-order valence-electron chi connectivity index (χ0n) is 40.9. The second-order valence-corrected chi connectivity index (χ2v) is 21.8. The monoisotopic (exact) mass is 939 g/mol. The van der Waals surface area contributed by atoms with E-state index in [2.05, 4.69) is 26.8 Å². The molecule has 2 N–H and O–H groups in total. The summed E-state index contributed by atoms with van der Waals surface area (Å²) in [6, 6.07) is 0. The standard InChI is InChI=1S/C49H78O17/c1-23-38(50)43(55-11)39(51)45(60-23)64-42-26(4)59-37(21-33(42)54-10)63-41-25(3)58-36(20-32(41)53-9)62-40-24(2)57-35(19-31(40)52-8)61-28-14-16-46(5)27(18-28)12-13-30-29(46)15-17-47(6)44-34-22-56-48(44,7)66-49(30,47)65-34/h12,23-26,28-45,50-51H,13-22H2,1-11H3/t23-,24-,25-,26-,28?,29+,30-,31-,32+,33-,34?,35+,36+,37+,38-,39-,40-,41-,42-,43+,44?,45+,46+,47-,48-,49+/m1/s1. The van der Waals surface area contributed by atoms with E-state index in [4.69, 9.17) is 71.1 Å². The van der Waals surface area contributed by atoms with Gasteiger partial charge in [-0.2, -0.15) is 0 Å². The van der Waals surface area contributed by atoms with Crippen molar-refractivity contribution in [3.63, 3.8) is 0 Å². The van der Waals surface area contributed by atoms with Crippen molar-refractivity contribution in [3.8, 4) is 0 Å². The van der Waals surface area contributed by atoms with Gasteiger partial charge in [0.25, 0.3) is 0 Å². The van der Waals surface area contributed by atoms with Gasteiger partial charge in [-0.05, 0) is 84.5 Å². The quantitative estimate of drug-likeness (QED) is 0.261. The van der Waals surface area contributed by atoms with Gasteiger partial charge in [-0.15, -0.1) is 0 Å². The summed E-state index contributed by atoms with van der Waals surface area (Å²) < 4.78 is 95.1. The van der Waals surface area contributed by atoms with Crippen LogP contribution in [0, 0.1) is 28.6 Å². The van der Waals surface area contributed by atoms with Gasteiger partial charge >= 0.3 is 0 Å². The fourth-order valence-electron chi connectivity index (χ4n) is 14.9. The topological polar surface area (TPSA) is 179 Å². The van der Waals surface area contributed by atoms with E-state index in [1.165, 1.54) is 19.1 Å². The highest BCUT2D eigenvalue weighted by molar-refractivity contribution is 5.30. The fourth-order valence-corrected chi connectivity index (χ4v) is 14.9. The third-order valence-electron chi connectivity index (χ3n) is 18.3. The van der Waals surface area contributed by atoms with Crippen molar-refractivity contribution in [3.05, 3.63) is 11.6 Å². The molecule has 10 rings (SSSR count). The molecule has 0 aromatic rings. The molecule has 0 radical (unpaired) electrons. The van der Waals surface area contributed by atoms with Crippen LogP contribution in [0.4, 0.5) is 0 Å². The SMILES string of the molecule is CO[C@@H]1[C@@H](O)[C@H](O[C@@H]2[C@@H](C)O[C@@H](O[C@H]3[C@@H](OC)C[C@H](O[C@@H]4[C@@H](C)O[C@@H](OC5CC[C@@]6(C)C(=CC[C@@H]7[C@@H]6CC[C@]6(C)C8C9CO[C@]8(C)O[C@@]76O9)C5)C[C@H]4OC)O[C@@H]3C)C[C@H]2OC)O[C@H](C)[C@H]1O. The Morgan fingerprint density at radius 1 is 0.621 bits per heavy atom. The van der Waals surface area contributed by atoms with Gasteiger partial charge in [-0.3, -0.25) is 0 Å². The Kier molecular flexibility index (Phi) is 13.5. The van der Waals surface area contributed by atoms with Gasteiger partial charge in [-0.25, -0.2) is 0 Å². The number of ether oxygens (including phenoxy) is 15. The summed E-state index contributed by atoms with van der Waals surface area (Å²) in [4.78, 5) is 0. The van der Waals surface area contributed by atoms with Crippen LogP contribution in [0.15, 0.2) is 11.6 Å². The first kappa shape index (κ1) is 48.7. The molecule has 2 saturated carbocycles. The Bertz CT molecular complexity index is 1760. The number of aliphatic hydroxyl groups is 2. The Morgan fingerprint density at radius 2 is 1.20 bits per heavy atom. The second kappa shape index (κ2) is 18.3. The van der Waals surface area contributed by atoms with Crippen LogP contribution < -0.4 is 0 Å². The Labute approximate surface area is 390 Å². The van der Waals surface area contributed by atoms with Crippen molar-refractivity contribution in [2.45, 2.75) is 235 Å². The maximum atomic E-state index is 10.9. The van der Waals surface area contributed by atoms with Crippen molar-refractivity contribution < 1.29 is 81.3 Å². The van der Waals surface area contributed by atoms with E-state index in [0.29, 0.717) is 43.6 Å². The van der Waals surface area contributed by atoms with E-state index < -0.39 is 97.8 Å². The predicted octanol–water partition coefficient (Wildman–Crippen LogP) is 4.50. The summed E-state index contributed by atoms with van der Waals surface area (Å²) in [7, 11) is 6.41. The van der Waals surface area contributed by atoms with Gasteiger partial charge in [0.15, 0.2) is 36.7 Å². The summed E-state index contributed by atoms with van der Waals surface area (Å²) in [5.41, 5.74) is 1.56. The molecule has 9 fully saturated rings. The molecule has 2 bridgehead atoms. The third kappa shape index (κ3) is 7.84. The summed E-state index contributed by atoms with van der Waals surface area (Å²) >= 11 is 0. The molecule has 66 heavy (non-hydrogen) atoms. The molecule has 7 heterocycles. The normalized spacial score (nSPS) is 56.7. The first-order chi connectivity index (χ1) is 31.5. The van der Waals surface area contributed by atoms with Crippen molar-refractivity contribution in [1.29, 1.82) is 0 Å². The molecule has 26 atom stereocenters. The molecular formula is C49H78O17. The average molecular weight is 939 g/mol. The lowest BCUT2D eigenvalue weighted by molar-refractivity contribution is -0.359. The largest absolute Gasteiger partial charge is 0.388 e.